The molecule has 0 aliphatic heterocycles. The fraction of sp³-hybridized carbons (Fsp3) is 0.235. The zero-order valence-electron chi connectivity index (χ0n) is 13.6. The van der Waals surface area contributed by atoms with Crippen LogP contribution in [0.4, 0.5) is 5.69 Å². The molecule has 0 fully saturated rings. The Kier molecular flexibility index (Phi) is 4.73. The number of nitrogens with one attached hydrogen (secondary N) is 1. The van der Waals surface area contributed by atoms with Crippen LogP contribution >= 0.6 is 11.3 Å². The third-order valence-corrected chi connectivity index (χ3v) is 6.59. The molecule has 126 valence electrons. The van der Waals surface area contributed by atoms with E-state index in [1.165, 1.54) is 16.9 Å². The van der Waals surface area contributed by atoms with Crippen LogP contribution in [0.25, 0.3) is 11.3 Å². The number of aryl methyl sites for hydroxylation is 2. The van der Waals surface area contributed by atoms with Gasteiger partial charge in [0.1, 0.15) is 4.21 Å². The summed E-state index contributed by atoms with van der Waals surface area (Å²) in [7, 11) is -3.58. The minimum atomic E-state index is -3.58. The first-order valence-corrected chi connectivity index (χ1v) is 10.1. The van der Waals surface area contributed by atoms with Crippen molar-refractivity contribution in [3.63, 3.8) is 0 Å². The molecular weight excluding hydrogens is 342 g/mol. The van der Waals surface area contributed by atoms with Crippen LogP contribution in [0.1, 0.15) is 19.4 Å². The smallest absolute Gasteiger partial charge is 0.271 e. The molecule has 0 aliphatic carbocycles. The number of benzene rings is 1. The van der Waals surface area contributed by atoms with Crippen molar-refractivity contribution in [1.29, 1.82) is 0 Å². The Morgan fingerprint density at radius 2 is 1.92 bits per heavy atom. The summed E-state index contributed by atoms with van der Waals surface area (Å²) in [5.41, 5.74) is 3.52. The summed E-state index contributed by atoms with van der Waals surface area (Å²) >= 11 is 1.21. The molecule has 7 heteroatoms. The third-order valence-electron chi connectivity index (χ3n) is 3.77. The minimum absolute atomic E-state index is 0.293. The molecule has 3 rings (SSSR count). The van der Waals surface area contributed by atoms with Crippen LogP contribution in [0.5, 0.6) is 0 Å². The first kappa shape index (κ1) is 16.7. The standard InChI is InChI=1S/C17H19N3O2S2/c1-3-13-5-7-15(8-6-13)19-24(21,22)17-11-14(12-23-17)16-9-10-18-20(16)4-2/h5-12,19H,3-4H2,1-2H3. The zero-order valence-corrected chi connectivity index (χ0v) is 15.2. The molecule has 0 amide bonds. The Hall–Kier alpha value is -2.12. The van der Waals surface area contributed by atoms with Crippen molar-refractivity contribution in [2.75, 3.05) is 4.72 Å². The second-order valence-corrected chi connectivity index (χ2v) is 8.16. The van der Waals surface area contributed by atoms with E-state index in [1.54, 1.807) is 24.4 Å². The van der Waals surface area contributed by atoms with E-state index in [9.17, 15) is 8.42 Å². The Bertz CT molecular complexity index is 925. The lowest BCUT2D eigenvalue weighted by molar-refractivity contribution is 0.603. The molecule has 5 nitrogen and oxygen atoms in total. The SMILES string of the molecule is CCc1ccc(NS(=O)(=O)c2cc(-c3ccnn3CC)cs2)cc1. The maximum Gasteiger partial charge on any atom is 0.271 e. The number of anilines is 1. The van der Waals surface area contributed by atoms with Gasteiger partial charge < -0.3 is 0 Å². The summed E-state index contributed by atoms with van der Waals surface area (Å²) in [4.78, 5) is 0. The highest BCUT2D eigenvalue weighted by Gasteiger charge is 2.18. The van der Waals surface area contributed by atoms with Crippen molar-refractivity contribution in [3.8, 4) is 11.3 Å². The van der Waals surface area contributed by atoms with E-state index in [2.05, 4.69) is 16.7 Å². The molecule has 24 heavy (non-hydrogen) atoms. The molecule has 2 heterocycles. The molecule has 0 atom stereocenters. The quantitative estimate of drug-likeness (QED) is 0.722. The van der Waals surface area contributed by atoms with Gasteiger partial charge in [-0.05, 0) is 43.2 Å². The number of rotatable bonds is 6. The fourth-order valence-electron chi connectivity index (χ4n) is 2.44. The Balaban J connectivity index is 1.85. The van der Waals surface area contributed by atoms with Gasteiger partial charge >= 0.3 is 0 Å². The molecule has 1 N–H and O–H groups in total. The normalized spacial score (nSPS) is 11.6. The van der Waals surface area contributed by atoms with Crippen LogP contribution in [0.2, 0.25) is 0 Å². The van der Waals surface area contributed by atoms with Crippen molar-refractivity contribution in [2.24, 2.45) is 0 Å². The molecule has 0 spiro atoms. The van der Waals surface area contributed by atoms with Crippen LogP contribution < -0.4 is 4.72 Å². The highest BCUT2D eigenvalue weighted by atomic mass is 32.2. The number of sulfonamides is 1. The molecule has 0 unspecified atom stereocenters. The van der Waals surface area contributed by atoms with Crippen LogP contribution in [-0.4, -0.2) is 18.2 Å². The molecule has 0 radical (unpaired) electrons. The van der Waals surface area contributed by atoms with Gasteiger partial charge in [0.2, 0.25) is 0 Å². The van der Waals surface area contributed by atoms with E-state index < -0.39 is 10.0 Å². The van der Waals surface area contributed by atoms with Crippen molar-refractivity contribution >= 4 is 27.0 Å². The summed E-state index contributed by atoms with van der Waals surface area (Å²) in [6.45, 7) is 4.80. The number of aromatic nitrogens is 2. The molecule has 0 saturated heterocycles. The van der Waals surface area contributed by atoms with Crippen molar-refractivity contribution < 1.29 is 8.42 Å². The van der Waals surface area contributed by atoms with Crippen molar-refractivity contribution in [1.82, 2.24) is 9.78 Å². The predicted octanol–water partition coefficient (Wildman–Crippen LogP) is 3.99. The van der Waals surface area contributed by atoms with Crippen LogP contribution in [0, 0.1) is 0 Å². The van der Waals surface area contributed by atoms with Gasteiger partial charge in [-0.25, -0.2) is 8.42 Å². The van der Waals surface area contributed by atoms with E-state index in [4.69, 9.17) is 0 Å². The molecule has 0 saturated carbocycles. The number of hydrogen-bond donors (Lipinski definition) is 1. The minimum Gasteiger partial charge on any atom is -0.279 e. The van der Waals surface area contributed by atoms with E-state index in [-0.39, 0.29) is 0 Å². The lowest BCUT2D eigenvalue weighted by atomic mass is 10.2. The maximum atomic E-state index is 12.6. The topological polar surface area (TPSA) is 64.0 Å². The van der Waals surface area contributed by atoms with E-state index in [0.717, 1.165) is 24.2 Å². The summed E-state index contributed by atoms with van der Waals surface area (Å²) in [6, 6.07) is 11.0. The molecule has 2 aromatic heterocycles. The number of nitrogens with zero attached hydrogens (tertiary/aromatic N) is 2. The average molecular weight is 361 g/mol. The van der Waals surface area contributed by atoms with E-state index in [1.807, 2.05) is 35.2 Å². The summed E-state index contributed by atoms with van der Waals surface area (Å²) in [6.07, 6.45) is 2.64. The van der Waals surface area contributed by atoms with Gasteiger partial charge in [0.25, 0.3) is 10.0 Å². The summed E-state index contributed by atoms with van der Waals surface area (Å²) < 4.78 is 29.9. The van der Waals surface area contributed by atoms with Gasteiger partial charge in [0.15, 0.2) is 0 Å². The van der Waals surface area contributed by atoms with E-state index >= 15 is 0 Å². The summed E-state index contributed by atoms with van der Waals surface area (Å²) in [5, 5.41) is 6.07. The first-order valence-electron chi connectivity index (χ1n) is 7.76. The third kappa shape index (κ3) is 3.37. The van der Waals surface area contributed by atoms with Crippen LogP contribution in [0.3, 0.4) is 0 Å². The van der Waals surface area contributed by atoms with Crippen molar-refractivity contribution in [3.05, 3.63) is 53.5 Å². The Morgan fingerprint density at radius 1 is 1.17 bits per heavy atom. The van der Waals surface area contributed by atoms with Crippen LogP contribution in [0.15, 0.2) is 52.2 Å². The lowest BCUT2D eigenvalue weighted by Gasteiger charge is -2.07. The molecule has 0 aliphatic rings. The lowest BCUT2D eigenvalue weighted by Crippen LogP contribution is -2.11. The zero-order chi connectivity index (χ0) is 17.2. The number of thiophene rings is 1. The largest absolute Gasteiger partial charge is 0.279 e. The van der Waals surface area contributed by atoms with Gasteiger partial charge in [-0.3, -0.25) is 9.40 Å². The molecule has 1 aromatic carbocycles. The van der Waals surface area contributed by atoms with Gasteiger partial charge in [-0.2, -0.15) is 5.10 Å². The summed E-state index contributed by atoms with van der Waals surface area (Å²) in [5.74, 6) is 0. The van der Waals surface area contributed by atoms with Crippen LogP contribution in [-0.2, 0) is 23.0 Å². The second kappa shape index (κ2) is 6.78. The molecular formula is C17H19N3O2S2. The maximum absolute atomic E-state index is 12.6. The van der Waals surface area contributed by atoms with Gasteiger partial charge in [0.05, 0.1) is 5.69 Å². The van der Waals surface area contributed by atoms with Gasteiger partial charge in [-0.1, -0.05) is 19.1 Å². The fourth-order valence-corrected chi connectivity index (χ4v) is 4.67. The Morgan fingerprint density at radius 3 is 2.58 bits per heavy atom. The van der Waals surface area contributed by atoms with Crippen molar-refractivity contribution in [2.45, 2.75) is 31.0 Å². The first-order chi connectivity index (χ1) is 11.5. The van der Waals surface area contributed by atoms with Gasteiger partial charge in [0, 0.05) is 29.4 Å². The highest BCUT2D eigenvalue weighted by Crippen LogP contribution is 2.29. The Labute approximate surface area is 146 Å². The average Bonchev–Trinajstić information content (AvgIpc) is 3.24. The predicted molar refractivity (Wildman–Crippen MR) is 97.8 cm³/mol. The highest BCUT2D eigenvalue weighted by molar-refractivity contribution is 7.94. The number of hydrogen-bond acceptors (Lipinski definition) is 4. The van der Waals surface area contributed by atoms with E-state index in [0.29, 0.717) is 9.90 Å². The molecule has 3 aromatic rings. The second-order valence-electron chi connectivity index (χ2n) is 5.34. The van der Waals surface area contributed by atoms with Gasteiger partial charge in [-0.15, -0.1) is 11.3 Å². The molecule has 0 bridgehead atoms. The monoisotopic (exact) mass is 361 g/mol.